The Balaban J connectivity index is 3.43. The van der Waals surface area contributed by atoms with Crippen molar-refractivity contribution >= 4 is 17.3 Å². The standard InChI is InChI=1S/C5HClF3N3O2/c6-2-1(12-14)3(13)11-4(10-2)5(7,8)9/h(H,10,11,13)/p+1. The Bertz CT molecular complexity index is 427. The summed E-state index contributed by atoms with van der Waals surface area (Å²) in [5.74, 6) is -1.44. The van der Waals surface area contributed by atoms with Crippen molar-refractivity contribution in [1.82, 2.24) is 4.98 Å². The van der Waals surface area contributed by atoms with Crippen LogP contribution < -0.4 is 10.5 Å². The minimum Gasteiger partial charge on any atom is -0.239 e. The lowest BCUT2D eigenvalue weighted by atomic mass is 10.5. The quantitative estimate of drug-likeness (QED) is 0.580. The molecule has 0 fully saturated rings. The maximum absolute atomic E-state index is 12.0. The van der Waals surface area contributed by atoms with Crippen LogP contribution in [0.15, 0.2) is 9.97 Å². The molecular weight excluding hydrogens is 227 g/mol. The normalized spacial score (nSPS) is 11.4. The molecule has 1 rings (SSSR count). The van der Waals surface area contributed by atoms with E-state index in [-0.39, 0.29) is 0 Å². The van der Waals surface area contributed by atoms with E-state index in [9.17, 15) is 22.9 Å². The van der Waals surface area contributed by atoms with Gasteiger partial charge in [0.15, 0.2) is 0 Å². The van der Waals surface area contributed by atoms with Crippen molar-refractivity contribution < 1.29 is 18.2 Å². The van der Waals surface area contributed by atoms with Gasteiger partial charge in [0.05, 0.1) is 0 Å². The molecular formula is C5H2ClF3N3O2+. The molecule has 1 aromatic rings. The average molecular weight is 229 g/mol. The zero-order valence-corrected chi connectivity index (χ0v) is 7.03. The van der Waals surface area contributed by atoms with Crippen LogP contribution in [0, 0.1) is 4.91 Å². The fourth-order valence-electron chi connectivity index (χ4n) is 0.696. The van der Waals surface area contributed by atoms with Crippen molar-refractivity contribution in [2.45, 2.75) is 6.18 Å². The Hall–Kier alpha value is -1.44. The number of aromatic amines is 2. The molecule has 0 aromatic carbocycles. The number of nitrogens with one attached hydrogen (secondary N) is 2. The van der Waals surface area contributed by atoms with Crippen LogP contribution in [0.2, 0.25) is 5.15 Å². The lowest BCUT2D eigenvalue weighted by Crippen LogP contribution is -2.29. The molecule has 0 bridgehead atoms. The maximum Gasteiger partial charge on any atom is 0.494 e. The molecule has 0 aliphatic carbocycles. The number of rotatable bonds is 1. The highest BCUT2D eigenvalue weighted by atomic mass is 35.5. The first-order valence-electron chi connectivity index (χ1n) is 3.12. The molecule has 2 N–H and O–H groups in total. The predicted octanol–water partition coefficient (Wildman–Crippen LogP) is 1.26. The molecule has 0 aliphatic rings. The summed E-state index contributed by atoms with van der Waals surface area (Å²) >= 11 is 5.17. The van der Waals surface area contributed by atoms with Crippen LogP contribution >= 0.6 is 11.6 Å². The lowest BCUT2D eigenvalue weighted by Gasteiger charge is -1.99. The second kappa shape index (κ2) is 3.37. The van der Waals surface area contributed by atoms with Crippen molar-refractivity contribution in [3.63, 3.8) is 0 Å². The smallest absolute Gasteiger partial charge is 0.239 e. The summed E-state index contributed by atoms with van der Waals surface area (Å²) in [5, 5.41) is 1.41. The van der Waals surface area contributed by atoms with Crippen LogP contribution in [0.4, 0.5) is 18.9 Å². The second-order valence-corrected chi connectivity index (χ2v) is 2.58. The van der Waals surface area contributed by atoms with Crippen LogP contribution in [0.3, 0.4) is 0 Å². The topological polar surface area (TPSA) is 76.4 Å². The Labute approximate surface area is 78.9 Å². The van der Waals surface area contributed by atoms with Gasteiger partial charge in [-0.1, -0.05) is 0 Å². The van der Waals surface area contributed by atoms with Gasteiger partial charge in [-0.3, -0.25) is 0 Å². The number of hydrogen-bond donors (Lipinski definition) is 1. The zero-order chi connectivity index (χ0) is 10.9. The average Bonchev–Trinajstić information content (AvgIpc) is 2.01. The van der Waals surface area contributed by atoms with Crippen LogP contribution in [0.1, 0.15) is 5.82 Å². The van der Waals surface area contributed by atoms with E-state index in [4.69, 9.17) is 11.6 Å². The van der Waals surface area contributed by atoms with Crippen LogP contribution in [0.5, 0.6) is 0 Å². The van der Waals surface area contributed by atoms with Crippen LogP contribution in [-0.4, -0.2) is 4.98 Å². The number of H-pyrrole nitrogens is 2. The van der Waals surface area contributed by atoms with Gasteiger partial charge in [-0.05, 0) is 16.8 Å². The van der Waals surface area contributed by atoms with Crippen LogP contribution in [0.25, 0.3) is 0 Å². The second-order valence-electron chi connectivity index (χ2n) is 2.21. The fourth-order valence-corrected chi connectivity index (χ4v) is 0.911. The molecule has 0 spiro atoms. The van der Waals surface area contributed by atoms with Gasteiger partial charge in [-0.2, -0.15) is 13.2 Å². The summed E-state index contributed by atoms with van der Waals surface area (Å²) in [4.78, 5) is 23.7. The summed E-state index contributed by atoms with van der Waals surface area (Å²) in [5.41, 5.74) is -2.12. The summed E-state index contributed by atoms with van der Waals surface area (Å²) in [6.45, 7) is 0. The number of halogens is 4. The molecule has 0 saturated carbocycles. The van der Waals surface area contributed by atoms with E-state index in [1.165, 1.54) is 4.98 Å². The summed E-state index contributed by atoms with van der Waals surface area (Å²) < 4.78 is 36.0. The number of nitroso groups, excluding NO2 is 1. The lowest BCUT2D eigenvalue weighted by molar-refractivity contribution is -0.429. The summed E-state index contributed by atoms with van der Waals surface area (Å²) in [6.07, 6.45) is -4.77. The molecule has 1 heterocycles. The van der Waals surface area contributed by atoms with Gasteiger partial charge in [0.1, 0.15) is 0 Å². The minimum atomic E-state index is -4.77. The summed E-state index contributed by atoms with van der Waals surface area (Å²) in [6, 6.07) is 0. The number of hydrogen-bond acceptors (Lipinski definition) is 3. The first kappa shape index (κ1) is 10.6. The van der Waals surface area contributed by atoms with Gasteiger partial charge in [-0.25, -0.2) is 14.8 Å². The predicted molar refractivity (Wildman–Crippen MR) is 39.1 cm³/mol. The first-order valence-corrected chi connectivity index (χ1v) is 3.49. The Kier molecular flexibility index (Phi) is 2.56. The van der Waals surface area contributed by atoms with E-state index in [0.29, 0.717) is 0 Å². The molecule has 9 heteroatoms. The van der Waals surface area contributed by atoms with Crippen molar-refractivity contribution in [2.75, 3.05) is 0 Å². The third-order valence-corrected chi connectivity index (χ3v) is 1.54. The van der Waals surface area contributed by atoms with Crippen LogP contribution in [-0.2, 0) is 6.18 Å². The third kappa shape index (κ3) is 1.90. The molecule has 76 valence electrons. The molecule has 14 heavy (non-hydrogen) atoms. The maximum atomic E-state index is 12.0. The van der Waals surface area contributed by atoms with Gasteiger partial charge in [-0.15, -0.1) is 4.91 Å². The van der Waals surface area contributed by atoms with E-state index in [2.05, 4.69) is 5.18 Å². The molecule has 0 saturated heterocycles. The van der Waals surface area contributed by atoms with Crippen molar-refractivity contribution in [3.8, 4) is 0 Å². The molecule has 0 aliphatic heterocycles. The minimum absolute atomic E-state index is 0.754. The van der Waals surface area contributed by atoms with Gasteiger partial charge >= 0.3 is 17.6 Å². The van der Waals surface area contributed by atoms with Crippen molar-refractivity contribution in [1.29, 1.82) is 0 Å². The molecule has 0 atom stereocenters. The molecule has 1 aromatic heterocycles. The van der Waals surface area contributed by atoms with E-state index in [1.807, 2.05) is 0 Å². The van der Waals surface area contributed by atoms with Gasteiger partial charge < -0.3 is 0 Å². The van der Waals surface area contributed by atoms with E-state index in [1.54, 1.807) is 4.98 Å². The molecule has 0 amide bonds. The molecule has 5 nitrogen and oxygen atoms in total. The highest BCUT2D eigenvalue weighted by Gasteiger charge is 2.41. The van der Waals surface area contributed by atoms with Gasteiger partial charge in [0, 0.05) is 0 Å². The summed E-state index contributed by atoms with van der Waals surface area (Å²) in [7, 11) is 0. The Morgan fingerprint density at radius 1 is 1.43 bits per heavy atom. The van der Waals surface area contributed by atoms with E-state index in [0.717, 1.165) is 0 Å². The SMILES string of the molecule is O=Nc1c(Cl)[nH+]c(C(F)(F)F)[nH]c1=O. The third-order valence-electron chi connectivity index (χ3n) is 1.27. The van der Waals surface area contributed by atoms with E-state index < -0.39 is 28.4 Å². The fraction of sp³-hybridized carbons (Fsp3) is 0.200. The van der Waals surface area contributed by atoms with Crippen molar-refractivity contribution in [2.24, 2.45) is 5.18 Å². The first-order chi connectivity index (χ1) is 6.36. The Morgan fingerprint density at radius 3 is 2.36 bits per heavy atom. The highest BCUT2D eigenvalue weighted by Crippen LogP contribution is 2.25. The zero-order valence-electron chi connectivity index (χ0n) is 6.28. The molecule has 0 unspecified atom stereocenters. The highest BCUT2D eigenvalue weighted by molar-refractivity contribution is 6.30. The Morgan fingerprint density at radius 2 is 2.00 bits per heavy atom. The number of alkyl halides is 3. The van der Waals surface area contributed by atoms with Crippen molar-refractivity contribution in [3.05, 3.63) is 26.2 Å². The number of aromatic nitrogens is 2. The van der Waals surface area contributed by atoms with Gasteiger partial charge in [0.2, 0.25) is 5.15 Å². The molecule has 0 radical (unpaired) electrons. The largest absolute Gasteiger partial charge is 0.494 e. The van der Waals surface area contributed by atoms with Gasteiger partial charge in [0.25, 0.3) is 5.69 Å². The monoisotopic (exact) mass is 228 g/mol. The van der Waals surface area contributed by atoms with E-state index >= 15 is 0 Å². The number of nitrogens with zero attached hydrogens (tertiary/aromatic N) is 1.